The molecule has 7 nitrogen and oxygen atoms in total. The zero-order valence-electron chi connectivity index (χ0n) is 18.3. The molecule has 3 aromatic rings. The second kappa shape index (κ2) is 8.40. The van der Waals surface area contributed by atoms with Crippen molar-refractivity contribution in [3.05, 3.63) is 29.5 Å². The molecule has 1 aliphatic heterocycles. The number of phenols is 1. The average molecular weight is 470 g/mol. The molecule has 4 rings (SSSR count). The van der Waals surface area contributed by atoms with Gasteiger partial charge in [-0.1, -0.05) is 0 Å². The normalized spacial score (nSPS) is 15.7. The van der Waals surface area contributed by atoms with Crippen molar-refractivity contribution in [3.63, 3.8) is 0 Å². The van der Waals surface area contributed by atoms with E-state index in [2.05, 4.69) is 20.0 Å². The number of halogens is 5. The molecule has 178 valence electrons. The number of aromatic nitrogens is 4. The Morgan fingerprint density at radius 2 is 1.82 bits per heavy atom. The third kappa shape index (κ3) is 4.31. The number of hydrogen-bond acceptors (Lipinski definition) is 6. The number of piperidine rings is 1. The van der Waals surface area contributed by atoms with Crippen molar-refractivity contribution in [2.24, 2.45) is 13.0 Å². The second-order valence-electron chi connectivity index (χ2n) is 8.52. The summed E-state index contributed by atoms with van der Waals surface area (Å²) in [7, 11) is 5.58. The third-order valence-electron chi connectivity index (χ3n) is 5.83. The summed E-state index contributed by atoms with van der Waals surface area (Å²) in [6.07, 6.45) is -1.83. The van der Waals surface area contributed by atoms with E-state index in [4.69, 9.17) is 0 Å². The lowest BCUT2D eigenvalue weighted by atomic mass is 9.97. The summed E-state index contributed by atoms with van der Waals surface area (Å²) in [5.74, 6) is -4.30. The van der Waals surface area contributed by atoms with Gasteiger partial charge in [0.05, 0.1) is 10.9 Å². The number of alkyl halides is 3. The largest absolute Gasteiger partial charge is 0.503 e. The number of anilines is 1. The van der Waals surface area contributed by atoms with Gasteiger partial charge in [-0.05, 0) is 38.9 Å². The first-order chi connectivity index (χ1) is 15.5. The molecule has 1 aliphatic rings. The van der Waals surface area contributed by atoms with Crippen molar-refractivity contribution in [1.82, 2.24) is 24.6 Å². The number of phenolic OH excluding ortho intramolecular Hbond substituents is 1. The summed E-state index contributed by atoms with van der Waals surface area (Å²) >= 11 is 0. The van der Waals surface area contributed by atoms with Crippen LogP contribution in [0.5, 0.6) is 5.75 Å². The Labute approximate surface area is 186 Å². The molecule has 0 saturated carbocycles. The number of nitrogens with zero attached hydrogens (tertiary/aromatic N) is 6. The van der Waals surface area contributed by atoms with Gasteiger partial charge in [-0.25, -0.2) is 18.4 Å². The molecule has 0 aliphatic carbocycles. The van der Waals surface area contributed by atoms with Crippen molar-refractivity contribution >= 4 is 17.0 Å². The molecule has 1 N–H and O–H groups in total. The Hall–Kier alpha value is -3.02. The first-order valence-electron chi connectivity index (χ1n) is 10.3. The van der Waals surface area contributed by atoms with E-state index in [1.165, 1.54) is 17.9 Å². The molecule has 1 saturated heterocycles. The van der Waals surface area contributed by atoms with Crippen LogP contribution < -0.4 is 4.90 Å². The van der Waals surface area contributed by atoms with Crippen LogP contribution in [-0.4, -0.2) is 63.5 Å². The smallest absolute Gasteiger partial charge is 0.419 e. The van der Waals surface area contributed by atoms with Crippen LogP contribution in [0, 0.1) is 17.6 Å². The fraction of sp³-hybridized carbons (Fsp3) is 0.476. The minimum absolute atomic E-state index is 0.182. The van der Waals surface area contributed by atoms with Crippen molar-refractivity contribution in [1.29, 1.82) is 0 Å². The van der Waals surface area contributed by atoms with Gasteiger partial charge >= 0.3 is 6.18 Å². The maximum absolute atomic E-state index is 14.6. The van der Waals surface area contributed by atoms with E-state index in [0.717, 1.165) is 32.5 Å². The van der Waals surface area contributed by atoms with Gasteiger partial charge < -0.3 is 14.9 Å². The molecule has 3 heterocycles. The van der Waals surface area contributed by atoms with Crippen LogP contribution in [0.25, 0.3) is 22.3 Å². The minimum Gasteiger partial charge on any atom is -0.503 e. The molecule has 1 fully saturated rings. The van der Waals surface area contributed by atoms with Gasteiger partial charge in [0.2, 0.25) is 5.95 Å². The van der Waals surface area contributed by atoms with Gasteiger partial charge in [-0.15, -0.1) is 0 Å². The van der Waals surface area contributed by atoms with Crippen molar-refractivity contribution in [2.45, 2.75) is 19.0 Å². The van der Waals surface area contributed by atoms with E-state index in [0.29, 0.717) is 17.9 Å². The van der Waals surface area contributed by atoms with Gasteiger partial charge in [-0.3, -0.25) is 0 Å². The summed E-state index contributed by atoms with van der Waals surface area (Å²) in [6, 6.07) is 0.301. The van der Waals surface area contributed by atoms with Crippen LogP contribution in [-0.2, 0) is 13.2 Å². The summed E-state index contributed by atoms with van der Waals surface area (Å²) in [5, 5.41) is 13.9. The topological polar surface area (TPSA) is 70.3 Å². The van der Waals surface area contributed by atoms with Crippen molar-refractivity contribution in [2.75, 3.05) is 38.6 Å². The van der Waals surface area contributed by atoms with Crippen LogP contribution in [0.4, 0.5) is 27.9 Å². The van der Waals surface area contributed by atoms with E-state index in [-0.39, 0.29) is 16.7 Å². The first kappa shape index (κ1) is 23.1. The highest BCUT2D eigenvalue weighted by molar-refractivity contribution is 5.91. The monoisotopic (exact) mass is 470 g/mol. The Balaban J connectivity index is 1.71. The lowest BCUT2D eigenvalue weighted by molar-refractivity contribution is -0.140. The number of aryl methyl sites for hydroxylation is 1. The Kier molecular flexibility index (Phi) is 5.89. The summed E-state index contributed by atoms with van der Waals surface area (Å²) in [6.45, 7) is 2.50. The first-order valence-corrected chi connectivity index (χ1v) is 10.3. The maximum Gasteiger partial charge on any atom is 0.419 e. The molecule has 1 aromatic carbocycles. The molecule has 12 heteroatoms. The Bertz CT molecular complexity index is 1180. The summed E-state index contributed by atoms with van der Waals surface area (Å²) in [4.78, 5) is 13.0. The zero-order chi connectivity index (χ0) is 24.1. The zero-order valence-corrected chi connectivity index (χ0v) is 18.3. The number of hydrogen-bond donors (Lipinski definition) is 1. The highest BCUT2D eigenvalue weighted by Crippen LogP contribution is 2.41. The highest BCUT2D eigenvalue weighted by atomic mass is 19.4. The predicted molar refractivity (Wildman–Crippen MR) is 112 cm³/mol. The maximum atomic E-state index is 14.6. The summed E-state index contributed by atoms with van der Waals surface area (Å²) in [5.41, 5.74) is -2.41. The standard InChI is InChI=1S/C21H23F5N6O/c1-30(2)10-11-4-6-32(7-5-11)20-27-9-13-17(29-31(3)19(13)28-20)12-8-14(21(24,25)26)16(23)18(33)15(12)22/h8-9,11,33H,4-7,10H2,1-3H3. The molecular formula is C21H23F5N6O. The van der Waals surface area contributed by atoms with E-state index >= 15 is 0 Å². The predicted octanol–water partition coefficient (Wildman–Crippen LogP) is 3.81. The molecule has 0 amide bonds. The number of aromatic hydroxyl groups is 1. The van der Waals surface area contributed by atoms with Gasteiger partial charge in [0.15, 0.2) is 23.0 Å². The average Bonchev–Trinajstić information content (AvgIpc) is 3.07. The second-order valence-corrected chi connectivity index (χ2v) is 8.52. The highest BCUT2D eigenvalue weighted by Gasteiger charge is 2.38. The Morgan fingerprint density at radius 1 is 1.15 bits per heavy atom. The number of benzene rings is 1. The van der Waals surface area contributed by atoms with E-state index in [1.54, 1.807) is 0 Å². The molecule has 0 bridgehead atoms. The van der Waals surface area contributed by atoms with Crippen molar-refractivity contribution < 1.29 is 27.1 Å². The fourth-order valence-electron chi connectivity index (χ4n) is 4.21. The summed E-state index contributed by atoms with van der Waals surface area (Å²) < 4.78 is 69.3. The minimum atomic E-state index is -5.13. The van der Waals surface area contributed by atoms with Crippen LogP contribution in [0.1, 0.15) is 18.4 Å². The van der Waals surface area contributed by atoms with Gasteiger partial charge in [0.1, 0.15) is 5.69 Å². The van der Waals surface area contributed by atoms with Crippen LogP contribution in [0.15, 0.2) is 12.3 Å². The SMILES string of the molecule is CN(C)CC1CCN(c2ncc3c(-c4cc(C(F)(F)F)c(F)c(O)c4F)nn(C)c3n2)CC1. The molecule has 0 radical (unpaired) electrons. The van der Waals surface area contributed by atoms with Crippen LogP contribution in [0.3, 0.4) is 0 Å². The van der Waals surface area contributed by atoms with E-state index in [9.17, 15) is 27.1 Å². The number of rotatable bonds is 4. The lowest BCUT2D eigenvalue weighted by Crippen LogP contribution is -2.38. The third-order valence-corrected chi connectivity index (χ3v) is 5.83. The quantitative estimate of drug-likeness (QED) is 0.585. The molecule has 0 atom stereocenters. The van der Waals surface area contributed by atoms with E-state index in [1.807, 2.05) is 19.0 Å². The lowest BCUT2D eigenvalue weighted by Gasteiger charge is -2.33. The molecular weight excluding hydrogens is 447 g/mol. The molecule has 0 spiro atoms. The van der Waals surface area contributed by atoms with Crippen LogP contribution in [0.2, 0.25) is 0 Å². The Morgan fingerprint density at radius 3 is 2.42 bits per heavy atom. The fourth-order valence-corrected chi connectivity index (χ4v) is 4.21. The molecule has 33 heavy (non-hydrogen) atoms. The van der Waals surface area contributed by atoms with E-state index < -0.39 is 34.7 Å². The van der Waals surface area contributed by atoms with Gasteiger partial charge in [0, 0.05) is 38.4 Å². The number of fused-ring (bicyclic) bond motifs is 1. The van der Waals surface area contributed by atoms with Gasteiger partial charge in [-0.2, -0.15) is 23.3 Å². The van der Waals surface area contributed by atoms with Crippen LogP contribution >= 0.6 is 0 Å². The molecule has 2 aromatic heterocycles. The van der Waals surface area contributed by atoms with Crippen molar-refractivity contribution in [3.8, 4) is 17.0 Å². The molecule has 0 unspecified atom stereocenters. The van der Waals surface area contributed by atoms with Gasteiger partial charge in [0.25, 0.3) is 0 Å².